The maximum atomic E-state index is 7.88. The number of rotatable bonds is 3. The predicted octanol–water partition coefficient (Wildman–Crippen LogP) is 4.35. The predicted molar refractivity (Wildman–Crippen MR) is 97.0 cm³/mol. The van der Waals surface area contributed by atoms with Gasteiger partial charge in [-0.2, -0.15) is 0 Å². The normalized spacial score (nSPS) is 15.0. The van der Waals surface area contributed by atoms with Crippen LogP contribution in [0.1, 0.15) is 74.7 Å². The van der Waals surface area contributed by atoms with Gasteiger partial charge in [-0.25, -0.2) is 0 Å². The van der Waals surface area contributed by atoms with Crippen molar-refractivity contribution in [3.8, 4) is 0 Å². The van der Waals surface area contributed by atoms with Crippen LogP contribution >= 0.6 is 0 Å². The Kier molecular flexibility index (Phi) is 20.8. The molecule has 0 aromatic rings. The molecule has 0 fully saturated rings. The van der Waals surface area contributed by atoms with Crippen molar-refractivity contribution in [1.82, 2.24) is 0 Å². The summed E-state index contributed by atoms with van der Waals surface area (Å²) in [7, 11) is 0. The summed E-state index contributed by atoms with van der Waals surface area (Å²) in [6.07, 6.45) is 2.62. The molecule has 3 nitrogen and oxygen atoms in total. The van der Waals surface area contributed by atoms with Crippen LogP contribution in [0.2, 0.25) is 0 Å². The molecule has 0 saturated heterocycles. The molecule has 1 aliphatic carbocycles. The van der Waals surface area contributed by atoms with Gasteiger partial charge in [0, 0.05) is 19.8 Å². The molecule has 137 valence electrons. The Morgan fingerprint density at radius 3 is 1.04 bits per heavy atom. The third kappa shape index (κ3) is 12.3. The second-order valence-corrected chi connectivity index (χ2v) is 7.27. The molecule has 0 radical (unpaired) electrons. The van der Waals surface area contributed by atoms with E-state index in [0.29, 0.717) is 25.2 Å². The van der Waals surface area contributed by atoms with Gasteiger partial charge in [-0.1, -0.05) is 20.8 Å². The second-order valence-electron chi connectivity index (χ2n) is 6.05. The molecule has 0 amide bonds. The molecular weight excluding hydrogens is 367 g/mol. The molecule has 4 heteroatoms. The fourth-order valence-electron chi connectivity index (χ4n) is 1.59. The Hall–Kier alpha value is 0.243. The van der Waals surface area contributed by atoms with E-state index in [9.17, 15) is 0 Å². The molecule has 1 rings (SSSR count). The van der Waals surface area contributed by atoms with Crippen LogP contribution in [-0.4, -0.2) is 35.1 Å². The van der Waals surface area contributed by atoms with Crippen molar-refractivity contribution < 1.29 is 40.0 Å². The van der Waals surface area contributed by atoms with Crippen LogP contribution < -0.4 is 0 Å². The largest absolute Gasteiger partial charge is 0.396 e. The average Bonchev–Trinajstić information content (AvgIpc) is 2.70. The summed E-state index contributed by atoms with van der Waals surface area (Å²) in [5, 5.41) is 23.6. The molecule has 23 heavy (non-hydrogen) atoms. The SMILES string of the molecule is CC1=C(C)C(C)(C)[C]([Zr])=C1C.CCCO.CCCO.CCCO. The first-order valence-electron chi connectivity index (χ1n) is 8.57. The van der Waals surface area contributed by atoms with Crippen molar-refractivity contribution in [2.24, 2.45) is 5.41 Å². The molecule has 0 heterocycles. The molecule has 0 unspecified atom stereocenters. The van der Waals surface area contributed by atoms with Gasteiger partial charge in [-0.3, -0.25) is 0 Å². The van der Waals surface area contributed by atoms with E-state index in [2.05, 4.69) is 34.6 Å². The Labute approximate surface area is 159 Å². The van der Waals surface area contributed by atoms with Crippen LogP contribution in [0.5, 0.6) is 0 Å². The molecular formula is C19H39O3Zr. The molecule has 3 N–H and O–H groups in total. The summed E-state index contributed by atoms with van der Waals surface area (Å²) in [4.78, 5) is 0. The summed E-state index contributed by atoms with van der Waals surface area (Å²) in [5.41, 5.74) is 4.96. The molecule has 1 aliphatic rings. The zero-order valence-electron chi connectivity index (χ0n) is 16.6. The fraction of sp³-hybridized carbons (Fsp3) is 0.789. The van der Waals surface area contributed by atoms with E-state index in [-0.39, 0.29) is 0 Å². The van der Waals surface area contributed by atoms with Crippen LogP contribution in [0.4, 0.5) is 0 Å². The maximum Gasteiger partial charge on any atom is 0.0428 e. The number of aliphatic hydroxyl groups is 3. The smallest absolute Gasteiger partial charge is 0.0428 e. The number of hydrogen-bond donors (Lipinski definition) is 3. The van der Waals surface area contributed by atoms with Gasteiger partial charge >= 0.3 is 84.8 Å². The zero-order chi connectivity index (χ0) is 19.1. The van der Waals surface area contributed by atoms with Crippen LogP contribution in [0.15, 0.2) is 20.0 Å². The average molecular weight is 407 g/mol. The van der Waals surface area contributed by atoms with Crippen molar-refractivity contribution in [3.05, 3.63) is 20.0 Å². The molecule has 0 atom stereocenters. The first-order valence-corrected chi connectivity index (χ1v) is 9.80. The van der Waals surface area contributed by atoms with Crippen LogP contribution in [0.3, 0.4) is 0 Å². The van der Waals surface area contributed by atoms with E-state index in [1.54, 1.807) is 33.6 Å². The second kappa shape index (κ2) is 17.1. The Bertz CT molecular complexity index is 303. The van der Waals surface area contributed by atoms with Crippen molar-refractivity contribution >= 4 is 0 Å². The number of allylic oxidation sites excluding steroid dienone is 4. The standard InChI is InChI=1S/C10H15.3C3H8O.Zr/c1-7-6-10(4,5)9(3)8(7)2;3*1-2-3-4;/h1-5H3;3*4H,2-3H2,1H3;. The van der Waals surface area contributed by atoms with E-state index < -0.39 is 0 Å². The van der Waals surface area contributed by atoms with Gasteiger partial charge in [0.25, 0.3) is 0 Å². The van der Waals surface area contributed by atoms with E-state index >= 15 is 0 Å². The minimum Gasteiger partial charge on any atom is -0.396 e. The quantitative estimate of drug-likeness (QED) is 0.653. The summed E-state index contributed by atoms with van der Waals surface area (Å²) < 4.78 is 1.62. The van der Waals surface area contributed by atoms with Crippen LogP contribution in [0, 0.1) is 5.41 Å². The van der Waals surface area contributed by atoms with E-state index in [0.717, 1.165) is 19.3 Å². The summed E-state index contributed by atoms with van der Waals surface area (Å²) in [5.74, 6) is 0. The van der Waals surface area contributed by atoms with Gasteiger partial charge in [0.1, 0.15) is 0 Å². The minimum absolute atomic E-state index is 0.319. The van der Waals surface area contributed by atoms with Crippen molar-refractivity contribution in [2.75, 3.05) is 19.8 Å². The van der Waals surface area contributed by atoms with Crippen LogP contribution in [-0.2, 0) is 24.7 Å². The summed E-state index contributed by atoms with van der Waals surface area (Å²) in [6.45, 7) is 18.1. The van der Waals surface area contributed by atoms with Crippen molar-refractivity contribution in [1.29, 1.82) is 0 Å². The third-order valence-electron chi connectivity index (χ3n) is 3.73. The molecule has 0 aromatic heterocycles. The van der Waals surface area contributed by atoms with Gasteiger partial charge in [-0.05, 0) is 19.3 Å². The Morgan fingerprint density at radius 2 is 1.00 bits per heavy atom. The van der Waals surface area contributed by atoms with Gasteiger partial charge in [-0.15, -0.1) is 0 Å². The van der Waals surface area contributed by atoms with Gasteiger partial charge in [0.05, 0.1) is 0 Å². The van der Waals surface area contributed by atoms with Gasteiger partial charge in [0.15, 0.2) is 0 Å². The first-order chi connectivity index (χ1) is 10.6. The van der Waals surface area contributed by atoms with E-state index in [1.165, 1.54) is 11.1 Å². The third-order valence-corrected chi connectivity index (χ3v) is 6.19. The molecule has 0 aromatic carbocycles. The molecule has 0 saturated carbocycles. The molecule has 0 spiro atoms. The first kappa shape index (κ1) is 28.1. The van der Waals surface area contributed by atoms with Gasteiger partial charge in [0.2, 0.25) is 0 Å². The maximum absolute atomic E-state index is 7.88. The Balaban J connectivity index is -0.000000278. The van der Waals surface area contributed by atoms with E-state index in [4.69, 9.17) is 15.3 Å². The zero-order valence-corrected chi connectivity index (χ0v) is 19.0. The summed E-state index contributed by atoms with van der Waals surface area (Å²) in [6, 6.07) is 0. The number of hydrogen-bond acceptors (Lipinski definition) is 3. The van der Waals surface area contributed by atoms with Crippen molar-refractivity contribution in [3.63, 3.8) is 0 Å². The summed E-state index contributed by atoms with van der Waals surface area (Å²) >= 11 is 1.57. The molecule has 0 aliphatic heterocycles. The Morgan fingerprint density at radius 1 is 0.739 bits per heavy atom. The monoisotopic (exact) mass is 405 g/mol. The van der Waals surface area contributed by atoms with Crippen LogP contribution in [0.25, 0.3) is 0 Å². The topological polar surface area (TPSA) is 60.7 Å². The fourth-order valence-corrected chi connectivity index (χ4v) is 2.52. The number of aliphatic hydroxyl groups excluding tert-OH is 3. The molecule has 0 bridgehead atoms. The van der Waals surface area contributed by atoms with Crippen molar-refractivity contribution in [2.45, 2.75) is 74.7 Å². The van der Waals surface area contributed by atoms with Gasteiger partial charge < -0.3 is 15.3 Å². The minimum atomic E-state index is 0.319. The van der Waals surface area contributed by atoms with E-state index in [1.807, 2.05) is 20.8 Å².